The number of aryl methyl sites for hydroxylation is 2. The van der Waals surface area contributed by atoms with Crippen LogP contribution in [0.4, 0.5) is 24.5 Å². The number of fused-ring (bicyclic) bond motifs is 1. The van der Waals surface area contributed by atoms with Crippen molar-refractivity contribution in [2.45, 2.75) is 64.0 Å². The summed E-state index contributed by atoms with van der Waals surface area (Å²) >= 11 is 0. The van der Waals surface area contributed by atoms with Gasteiger partial charge in [-0.2, -0.15) is 13.2 Å². The minimum absolute atomic E-state index is 0.0165. The first kappa shape index (κ1) is 23.3. The number of amides is 1. The lowest BCUT2D eigenvalue weighted by molar-refractivity contribution is -0.137. The van der Waals surface area contributed by atoms with Gasteiger partial charge in [0.2, 0.25) is 5.91 Å². The molecule has 1 heterocycles. The number of Topliss-reactive ketones (excluding diaryl/α,β-unsaturated/α-hetero) is 1. The Morgan fingerprint density at radius 2 is 1.58 bits per heavy atom. The lowest BCUT2D eigenvalue weighted by Crippen LogP contribution is -2.30. The molecular weight excluding hydrogens is 429 g/mol. The third kappa shape index (κ3) is 5.75. The highest BCUT2D eigenvalue weighted by atomic mass is 19.4. The van der Waals surface area contributed by atoms with Gasteiger partial charge in [0, 0.05) is 31.5 Å². The molecule has 0 unspecified atom stereocenters. The van der Waals surface area contributed by atoms with Crippen LogP contribution in [0.3, 0.4) is 0 Å². The Balaban J connectivity index is 1.44. The second-order valence-corrected chi connectivity index (χ2v) is 8.94. The average molecular weight is 459 g/mol. The van der Waals surface area contributed by atoms with Gasteiger partial charge in [0.1, 0.15) is 0 Å². The minimum Gasteiger partial charge on any atom is -0.370 e. The van der Waals surface area contributed by atoms with Gasteiger partial charge in [-0.05, 0) is 80.3 Å². The van der Waals surface area contributed by atoms with E-state index in [2.05, 4.69) is 5.32 Å². The summed E-state index contributed by atoms with van der Waals surface area (Å²) in [6, 6.07) is 9.21. The number of rotatable bonds is 6. The summed E-state index contributed by atoms with van der Waals surface area (Å²) in [6.45, 7) is 1.48. The number of anilines is 2. The summed E-state index contributed by atoms with van der Waals surface area (Å²) in [4.78, 5) is 27.3. The zero-order chi connectivity index (χ0) is 23.4. The normalized spacial score (nSPS) is 16.3. The van der Waals surface area contributed by atoms with Crippen LogP contribution in [0.2, 0.25) is 0 Å². The number of hydrogen-bond acceptors (Lipinski definition) is 3. The molecule has 1 N–H and O–H groups in total. The highest BCUT2D eigenvalue weighted by Gasteiger charge is 2.32. The number of carbonyl (C=O) groups is 2. The van der Waals surface area contributed by atoms with E-state index in [9.17, 15) is 22.8 Å². The first-order chi connectivity index (χ1) is 15.8. The van der Waals surface area contributed by atoms with Crippen LogP contribution in [0.15, 0.2) is 36.4 Å². The number of alkyl halides is 3. The van der Waals surface area contributed by atoms with Crippen molar-refractivity contribution >= 4 is 23.1 Å². The number of nitrogens with zero attached hydrogens (tertiary/aromatic N) is 1. The fourth-order valence-electron chi connectivity index (χ4n) is 4.71. The van der Waals surface area contributed by atoms with Crippen molar-refractivity contribution in [2.75, 3.05) is 23.3 Å². The lowest BCUT2D eigenvalue weighted by Gasteiger charge is -2.31. The third-order valence-electron chi connectivity index (χ3n) is 6.54. The van der Waals surface area contributed by atoms with Gasteiger partial charge in [0.05, 0.1) is 16.9 Å². The molecular formula is C26H29F3N2O2. The van der Waals surface area contributed by atoms with E-state index in [1.54, 1.807) is 0 Å². The predicted molar refractivity (Wildman–Crippen MR) is 123 cm³/mol. The summed E-state index contributed by atoms with van der Waals surface area (Å²) in [6.07, 6.45) is 2.72. The Labute approximate surface area is 192 Å². The molecule has 0 aromatic heterocycles. The fourth-order valence-corrected chi connectivity index (χ4v) is 4.71. The van der Waals surface area contributed by atoms with Crippen LogP contribution in [0.25, 0.3) is 0 Å². The topological polar surface area (TPSA) is 49.4 Å². The van der Waals surface area contributed by atoms with Gasteiger partial charge >= 0.3 is 6.18 Å². The van der Waals surface area contributed by atoms with Crippen molar-refractivity contribution in [3.63, 3.8) is 0 Å². The fraction of sp³-hybridized carbons (Fsp3) is 0.462. The van der Waals surface area contributed by atoms with Gasteiger partial charge in [-0.15, -0.1) is 0 Å². The van der Waals surface area contributed by atoms with Gasteiger partial charge in [-0.1, -0.05) is 12.1 Å². The Morgan fingerprint density at radius 3 is 2.30 bits per heavy atom. The largest absolute Gasteiger partial charge is 0.416 e. The molecule has 1 aliphatic carbocycles. The molecule has 0 atom stereocenters. The van der Waals surface area contributed by atoms with E-state index < -0.39 is 17.6 Å². The number of nitrogens with one attached hydrogen (secondary N) is 1. The molecule has 0 radical (unpaired) electrons. The number of halogens is 3. The number of hydrogen-bond donors (Lipinski definition) is 1. The molecule has 7 heteroatoms. The van der Waals surface area contributed by atoms with Crippen LogP contribution in [-0.2, 0) is 23.8 Å². The molecule has 1 aliphatic heterocycles. The minimum atomic E-state index is -4.50. The zero-order valence-electron chi connectivity index (χ0n) is 18.6. The van der Waals surface area contributed by atoms with Crippen molar-refractivity contribution < 1.29 is 22.8 Å². The molecule has 1 saturated heterocycles. The summed E-state index contributed by atoms with van der Waals surface area (Å²) in [5.41, 5.74) is 3.02. The Morgan fingerprint density at radius 1 is 0.848 bits per heavy atom. The van der Waals surface area contributed by atoms with Gasteiger partial charge in [0.15, 0.2) is 5.78 Å². The van der Waals surface area contributed by atoms with E-state index in [4.69, 9.17) is 0 Å². The maximum atomic E-state index is 13.3. The van der Waals surface area contributed by atoms with Crippen LogP contribution in [-0.4, -0.2) is 24.8 Å². The van der Waals surface area contributed by atoms with Crippen molar-refractivity contribution in [1.82, 2.24) is 0 Å². The predicted octanol–water partition coefficient (Wildman–Crippen LogP) is 6.18. The molecule has 176 valence electrons. The third-order valence-corrected chi connectivity index (χ3v) is 6.54. The van der Waals surface area contributed by atoms with E-state index in [1.807, 2.05) is 23.1 Å². The number of piperidine rings is 1. The lowest BCUT2D eigenvalue weighted by atomic mass is 9.89. The van der Waals surface area contributed by atoms with Gasteiger partial charge in [-0.3, -0.25) is 9.59 Å². The van der Waals surface area contributed by atoms with Crippen molar-refractivity contribution in [3.8, 4) is 0 Å². The summed E-state index contributed by atoms with van der Waals surface area (Å²) in [7, 11) is 0. The zero-order valence-corrected chi connectivity index (χ0v) is 18.6. The molecule has 1 fully saturated rings. The van der Waals surface area contributed by atoms with Crippen LogP contribution < -0.4 is 10.2 Å². The second kappa shape index (κ2) is 9.98. The van der Waals surface area contributed by atoms with Gasteiger partial charge in [0.25, 0.3) is 0 Å². The molecule has 1 amide bonds. The number of carbonyl (C=O) groups excluding carboxylic acids is 2. The van der Waals surface area contributed by atoms with E-state index in [-0.39, 0.29) is 24.3 Å². The van der Waals surface area contributed by atoms with Crippen LogP contribution in [0.1, 0.15) is 72.0 Å². The Hall–Kier alpha value is -2.83. The first-order valence-electron chi connectivity index (χ1n) is 11.7. The quantitative estimate of drug-likeness (QED) is 0.526. The van der Waals surface area contributed by atoms with Crippen LogP contribution in [0.5, 0.6) is 0 Å². The number of ketones is 1. The molecule has 33 heavy (non-hydrogen) atoms. The summed E-state index contributed by atoms with van der Waals surface area (Å²) in [5.74, 6) is -0.585. The first-order valence-corrected chi connectivity index (χ1v) is 11.7. The Bertz CT molecular complexity index is 1030. The van der Waals surface area contributed by atoms with Gasteiger partial charge in [-0.25, -0.2) is 0 Å². The molecule has 2 aromatic carbocycles. The van der Waals surface area contributed by atoms with Crippen molar-refractivity contribution in [3.05, 3.63) is 58.7 Å². The maximum absolute atomic E-state index is 13.3. The molecule has 0 saturated carbocycles. The summed E-state index contributed by atoms with van der Waals surface area (Å²) < 4.78 is 39.8. The SMILES string of the molecule is O=C(CCC(=O)c1ccc2c(c1)CCCC2)Nc1cc(C(F)(F)F)ccc1N1CCCCC1. The molecule has 2 aliphatic rings. The smallest absolute Gasteiger partial charge is 0.370 e. The van der Waals surface area contributed by atoms with Crippen LogP contribution >= 0.6 is 0 Å². The number of benzene rings is 2. The molecule has 0 spiro atoms. The van der Waals surface area contributed by atoms with E-state index in [1.165, 1.54) is 17.2 Å². The van der Waals surface area contributed by atoms with E-state index in [0.717, 1.165) is 70.2 Å². The maximum Gasteiger partial charge on any atom is 0.416 e. The molecule has 0 bridgehead atoms. The highest BCUT2D eigenvalue weighted by molar-refractivity contribution is 6.01. The summed E-state index contributed by atoms with van der Waals surface area (Å²) in [5, 5.41) is 2.64. The average Bonchev–Trinajstić information content (AvgIpc) is 2.82. The molecule has 4 rings (SSSR count). The van der Waals surface area contributed by atoms with Crippen LogP contribution in [0, 0.1) is 0 Å². The molecule has 4 nitrogen and oxygen atoms in total. The second-order valence-electron chi connectivity index (χ2n) is 8.94. The monoisotopic (exact) mass is 458 g/mol. The van der Waals surface area contributed by atoms with Crippen molar-refractivity contribution in [1.29, 1.82) is 0 Å². The Kier molecular flexibility index (Phi) is 7.05. The van der Waals surface area contributed by atoms with E-state index >= 15 is 0 Å². The van der Waals surface area contributed by atoms with Gasteiger partial charge < -0.3 is 10.2 Å². The highest BCUT2D eigenvalue weighted by Crippen LogP contribution is 2.36. The standard InChI is InChI=1S/C26H29F3N2O2/c27-26(28,29)21-10-11-23(31-14-4-1-5-15-31)22(17-21)30-25(33)13-12-24(32)20-9-8-18-6-2-3-7-19(18)16-20/h8-11,16-17H,1-7,12-15H2,(H,30,33). The van der Waals surface area contributed by atoms with Crippen molar-refractivity contribution in [2.24, 2.45) is 0 Å². The van der Waals surface area contributed by atoms with E-state index in [0.29, 0.717) is 11.3 Å². The molecule has 2 aromatic rings.